The topological polar surface area (TPSA) is 32.7 Å². The Morgan fingerprint density at radius 1 is 1.10 bits per heavy atom. The lowest BCUT2D eigenvalue weighted by atomic mass is 10.1. The van der Waals surface area contributed by atoms with Gasteiger partial charge in [0.05, 0.1) is 19.8 Å². The van der Waals surface area contributed by atoms with Crippen molar-refractivity contribution in [3.8, 4) is 5.75 Å². The van der Waals surface area contributed by atoms with Gasteiger partial charge < -0.3 is 9.84 Å². The summed E-state index contributed by atoms with van der Waals surface area (Å²) in [5.41, 5.74) is 2.02. The number of hydrogen-bond acceptors (Lipinski definition) is 3. The van der Waals surface area contributed by atoms with E-state index in [1.54, 1.807) is 19.2 Å². The number of aliphatic hydroxyl groups excluding tert-OH is 1. The van der Waals surface area contributed by atoms with Crippen LogP contribution in [0.25, 0.3) is 0 Å². The molecule has 0 saturated carbocycles. The number of nitrogens with zero attached hydrogens (tertiary/aromatic N) is 1. The first-order valence-electron chi connectivity index (χ1n) is 6.83. The number of benzene rings is 2. The van der Waals surface area contributed by atoms with Crippen molar-refractivity contribution in [1.29, 1.82) is 0 Å². The molecule has 0 fully saturated rings. The average molecular weight is 289 g/mol. The van der Waals surface area contributed by atoms with E-state index < -0.39 is 0 Å². The molecule has 0 spiro atoms. The largest absolute Gasteiger partial charge is 0.497 e. The van der Waals surface area contributed by atoms with E-state index in [4.69, 9.17) is 4.74 Å². The molecule has 0 aliphatic rings. The maximum absolute atomic E-state index is 12.9. The SMILES string of the molecule is COc1ccc(C(CO)N(C)Cc2ccc(F)cc2)cc1. The number of halogens is 1. The van der Waals surface area contributed by atoms with Gasteiger partial charge in [-0.05, 0) is 42.4 Å². The van der Waals surface area contributed by atoms with Crippen LogP contribution < -0.4 is 4.74 Å². The van der Waals surface area contributed by atoms with Crippen molar-refractivity contribution in [2.45, 2.75) is 12.6 Å². The lowest BCUT2D eigenvalue weighted by molar-refractivity contribution is 0.142. The van der Waals surface area contributed by atoms with E-state index >= 15 is 0 Å². The van der Waals surface area contributed by atoms with Gasteiger partial charge in [0.15, 0.2) is 0 Å². The summed E-state index contributed by atoms with van der Waals surface area (Å²) >= 11 is 0. The van der Waals surface area contributed by atoms with Crippen molar-refractivity contribution in [2.24, 2.45) is 0 Å². The molecule has 2 aromatic carbocycles. The fraction of sp³-hybridized carbons (Fsp3) is 0.294. The molecule has 4 heteroatoms. The van der Waals surface area contributed by atoms with Crippen LogP contribution in [-0.4, -0.2) is 30.8 Å². The molecule has 0 amide bonds. The molecular weight excluding hydrogens is 269 g/mol. The van der Waals surface area contributed by atoms with Gasteiger partial charge in [-0.25, -0.2) is 4.39 Å². The molecule has 3 nitrogen and oxygen atoms in total. The number of ether oxygens (including phenoxy) is 1. The quantitative estimate of drug-likeness (QED) is 0.887. The van der Waals surface area contributed by atoms with Crippen LogP contribution in [-0.2, 0) is 6.54 Å². The van der Waals surface area contributed by atoms with Crippen molar-refractivity contribution in [1.82, 2.24) is 4.90 Å². The van der Waals surface area contributed by atoms with E-state index in [0.717, 1.165) is 16.9 Å². The Morgan fingerprint density at radius 3 is 2.24 bits per heavy atom. The zero-order valence-corrected chi connectivity index (χ0v) is 12.3. The number of hydrogen-bond donors (Lipinski definition) is 1. The Morgan fingerprint density at radius 2 is 1.71 bits per heavy atom. The van der Waals surface area contributed by atoms with Crippen molar-refractivity contribution in [2.75, 3.05) is 20.8 Å². The molecule has 0 aliphatic carbocycles. The van der Waals surface area contributed by atoms with Crippen LogP contribution in [0.15, 0.2) is 48.5 Å². The fourth-order valence-corrected chi connectivity index (χ4v) is 2.31. The van der Waals surface area contributed by atoms with Crippen LogP contribution >= 0.6 is 0 Å². The summed E-state index contributed by atoms with van der Waals surface area (Å²) in [6.45, 7) is 0.654. The minimum Gasteiger partial charge on any atom is -0.497 e. The second-order valence-corrected chi connectivity index (χ2v) is 5.01. The highest BCUT2D eigenvalue weighted by molar-refractivity contribution is 5.29. The lowest BCUT2D eigenvalue weighted by Crippen LogP contribution is -2.26. The minimum atomic E-state index is -0.240. The highest BCUT2D eigenvalue weighted by Crippen LogP contribution is 2.23. The highest BCUT2D eigenvalue weighted by Gasteiger charge is 2.16. The van der Waals surface area contributed by atoms with Crippen LogP contribution in [0.3, 0.4) is 0 Å². The molecule has 0 saturated heterocycles. The first-order chi connectivity index (χ1) is 10.1. The summed E-state index contributed by atoms with van der Waals surface area (Å²) in [6.07, 6.45) is 0. The molecule has 2 rings (SSSR count). The summed E-state index contributed by atoms with van der Waals surface area (Å²) in [5.74, 6) is 0.548. The zero-order chi connectivity index (χ0) is 15.2. The van der Waals surface area contributed by atoms with Gasteiger partial charge in [-0.1, -0.05) is 24.3 Å². The molecule has 0 aliphatic heterocycles. The van der Waals surface area contributed by atoms with Crippen molar-refractivity contribution in [3.05, 3.63) is 65.5 Å². The molecule has 0 bridgehead atoms. The van der Waals surface area contributed by atoms with Crippen LogP contribution in [0.1, 0.15) is 17.2 Å². The molecule has 1 unspecified atom stereocenters. The number of methoxy groups -OCH3 is 1. The van der Waals surface area contributed by atoms with Crippen LogP contribution in [0.5, 0.6) is 5.75 Å². The highest BCUT2D eigenvalue weighted by atomic mass is 19.1. The van der Waals surface area contributed by atoms with Crippen molar-refractivity contribution >= 4 is 0 Å². The summed E-state index contributed by atoms with van der Waals surface area (Å²) in [7, 11) is 3.56. The van der Waals surface area contributed by atoms with Gasteiger partial charge in [-0.3, -0.25) is 4.90 Å². The predicted molar refractivity (Wildman–Crippen MR) is 80.7 cm³/mol. The third-order valence-electron chi connectivity index (χ3n) is 3.55. The number of likely N-dealkylation sites (N-methyl/N-ethyl adjacent to an activating group) is 1. The maximum atomic E-state index is 12.9. The number of rotatable bonds is 6. The normalized spacial score (nSPS) is 12.4. The number of aliphatic hydroxyl groups is 1. The molecule has 0 aromatic heterocycles. The second-order valence-electron chi connectivity index (χ2n) is 5.01. The third-order valence-corrected chi connectivity index (χ3v) is 3.55. The third kappa shape index (κ3) is 4.03. The molecule has 112 valence electrons. The van der Waals surface area contributed by atoms with Crippen molar-refractivity contribution < 1.29 is 14.2 Å². The van der Waals surface area contributed by atoms with Gasteiger partial charge in [0.2, 0.25) is 0 Å². The molecular formula is C17H20FNO2. The summed E-state index contributed by atoms with van der Waals surface area (Å²) in [4.78, 5) is 2.04. The Hall–Kier alpha value is -1.91. The van der Waals surface area contributed by atoms with E-state index in [2.05, 4.69) is 0 Å². The zero-order valence-electron chi connectivity index (χ0n) is 12.3. The van der Waals surface area contributed by atoms with E-state index in [1.165, 1.54) is 12.1 Å². The molecule has 2 aromatic rings. The van der Waals surface area contributed by atoms with Gasteiger partial charge in [-0.15, -0.1) is 0 Å². The van der Waals surface area contributed by atoms with E-state index in [-0.39, 0.29) is 18.5 Å². The molecule has 1 atom stereocenters. The monoisotopic (exact) mass is 289 g/mol. The maximum Gasteiger partial charge on any atom is 0.123 e. The van der Waals surface area contributed by atoms with Gasteiger partial charge in [0.25, 0.3) is 0 Å². The van der Waals surface area contributed by atoms with Gasteiger partial charge in [0, 0.05) is 6.54 Å². The van der Waals surface area contributed by atoms with Crippen LogP contribution in [0, 0.1) is 5.82 Å². The van der Waals surface area contributed by atoms with Gasteiger partial charge in [-0.2, -0.15) is 0 Å². The van der Waals surface area contributed by atoms with E-state index in [0.29, 0.717) is 6.54 Å². The fourth-order valence-electron chi connectivity index (χ4n) is 2.31. The molecule has 0 heterocycles. The van der Waals surface area contributed by atoms with E-state index in [1.807, 2.05) is 36.2 Å². The summed E-state index contributed by atoms with van der Waals surface area (Å²) < 4.78 is 18.1. The summed E-state index contributed by atoms with van der Waals surface area (Å²) in [5, 5.41) is 9.67. The Kier molecular flexibility index (Phi) is 5.31. The lowest BCUT2D eigenvalue weighted by Gasteiger charge is -2.27. The average Bonchev–Trinajstić information content (AvgIpc) is 2.51. The first kappa shape index (κ1) is 15.5. The predicted octanol–water partition coefficient (Wildman–Crippen LogP) is 3.00. The van der Waals surface area contributed by atoms with Crippen LogP contribution in [0.2, 0.25) is 0 Å². The Labute approximate surface area is 124 Å². The van der Waals surface area contributed by atoms with E-state index in [9.17, 15) is 9.50 Å². The minimum absolute atomic E-state index is 0.0179. The van der Waals surface area contributed by atoms with Gasteiger partial charge in [0.1, 0.15) is 11.6 Å². The first-order valence-corrected chi connectivity index (χ1v) is 6.83. The Bertz CT molecular complexity index is 554. The molecule has 1 N–H and O–H groups in total. The van der Waals surface area contributed by atoms with Crippen molar-refractivity contribution in [3.63, 3.8) is 0 Å². The van der Waals surface area contributed by atoms with Crippen LogP contribution in [0.4, 0.5) is 4.39 Å². The smallest absolute Gasteiger partial charge is 0.123 e. The summed E-state index contributed by atoms with van der Waals surface area (Å²) in [6, 6.07) is 14.0. The second kappa shape index (κ2) is 7.20. The van der Waals surface area contributed by atoms with Gasteiger partial charge >= 0.3 is 0 Å². The molecule has 0 radical (unpaired) electrons. The standard InChI is InChI=1S/C17H20FNO2/c1-19(11-13-3-7-15(18)8-4-13)17(12-20)14-5-9-16(21-2)10-6-14/h3-10,17,20H,11-12H2,1-2H3. The molecule has 21 heavy (non-hydrogen) atoms. The Balaban J connectivity index is 2.09.